The molecular formula is C21H27NO3. The molecule has 2 atom stereocenters. The van der Waals surface area contributed by atoms with Gasteiger partial charge in [0.1, 0.15) is 18.1 Å². The van der Waals surface area contributed by atoms with Gasteiger partial charge in [0.15, 0.2) is 6.10 Å². The van der Waals surface area contributed by atoms with Gasteiger partial charge in [-0.15, -0.1) is 0 Å². The van der Waals surface area contributed by atoms with Gasteiger partial charge in [-0.25, -0.2) is 0 Å². The fraction of sp³-hybridized carbons (Fsp3) is 0.381. The van der Waals surface area contributed by atoms with Crippen LogP contribution in [0.1, 0.15) is 39.7 Å². The van der Waals surface area contributed by atoms with Gasteiger partial charge in [-0.1, -0.05) is 42.4 Å². The summed E-state index contributed by atoms with van der Waals surface area (Å²) >= 11 is 0. The Kier molecular flexibility index (Phi) is 7.33. The van der Waals surface area contributed by atoms with Crippen LogP contribution in [0.25, 0.3) is 0 Å². The number of benzene rings is 2. The first kappa shape index (κ1) is 18.8. The van der Waals surface area contributed by atoms with Crippen molar-refractivity contribution in [3.63, 3.8) is 0 Å². The van der Waals surface area contributed by atoms with Gasteiger partial charge in [-0.2, -0.15) is 0 Å². The summed E-state index contributed by atoms with van der Waals surface area (Å²) < 4.78 is 11.5. The minimum Gasteiger partial charge on any atom is -0.491 e. The first-order valence-corrected chi connectivity index (χ1v) is 8.73. The molecule has 0 aliphatic rings. The van der Waals surface area contributed by atoms with E-state index in [1.165, 1.54) is 0 Å². The topological polar surface area (TPSA) is 40.0 Å². The lowest BCUT2D eigenvalue weighted by molar-refractivity contribution is 0.0366. The molecule has 4 heteroatoms. The molecule has 2 aromatic carbocycles. The lowest BCUT2D eigenvalue weighted by Gasteiger charge is -2.14. The predicted octanol–water partition coefficient (Wildman–Crippen LogP) is 5.07. The first-order chi connectivity index (χ1) is 12.1. The van der Waals surface area contributed by atoms with Crippen molar-refractivity contribution in [3.8, 4) is 11.5 Å². The minimum atomic E-state index is -0.144. The molecule has 25 heavy (non-hydrogen) atoms. The van der Waals surface area contributed by atoms with Crippen LogP contribution in [0.3, 0.4) is 0 Å². The minimum absolute atomic E-state index is 0.144. The summed E-state index contributed by atoms with van der Waals surface area (Å²) in [5, 5.41) is 4.18. The van der Waals surface area contributed by atoms with Crippen molar-refractivity contribution >= 4 is 5.71 Å². The van der Waals surface area contributed by atoms with Gasteiger partial charge in [0, 0.05) is 0 Å². The number of hydrogen-bond acceptors (Lipinski definition) is 4. The molecule has 0 saturated carbocycles. The highest BCUT2D eigenvalue weighted by molar-refractivity contribution is 5.98. The van der Waals surface area contributed by atoms with Gasteiger partial charge in [-0.05, 0) is 57.0 Å². The quantitative estimate of drug-likeness (QED) is 0.472. The average Bonchev–Trinajstić information content (AvgIpc) is 2.66. The molecule has 0 aliphatic heterocycles. The number of nitrogens with zero attached hydrogens (tertiary/aromatic N) is 1. The largest absolute Gasteiger partial charge is 0.491 e. The van der Waals surface area contributed by atoms with Crippen LogP contribution in [0.5, 0.6) is 11.5 Å². The Morgan fingerprint density at radius 3 is 2.20 bits per heavy atom. The maximum absolute atomic E-state index is 5.75. The Labute approximate surface area is 150 Å². The molecule has 0 radical (unpaired) electrons. The van der Waals surface area contributed by atoms with Crippen molar-refractivity contribution in [2.24, 2.45) is 5.16 Å². The Morgan fingerprint density at radius 1 is 0.920 bits per heavy atom. The third-order valence-electron chi connectivity index (χ3n) is 3.78. The monoisotopic (exact) mass is 341 g/mol. The molecule has 0 fully saturated rings. The normalized spacial score (nSPS) is 13.8. The third-order valence-corrected chi connectivity index (χ3v) is 3.78. The fourth-order valence-corrected chi connectivity index (χ4v) is 2.08. The average molecular weight is 341 g/mol. The van der Waals surface area contributed by atoms with Crippen molar-refractivity contribution in [3.05, 3.63) is 60.2 Å². The molecule has 2 unspecified atom stereocenters. The Balaban J connectivity index is 1.78. The maximum atomic E-state index is 5.75. The molecule has 134 valence electrons. The molecule has 0 bridgehead atoms. The molecule has 0 saturated heterocycles. The van der Waals surface area contributed by atoms with Crippen LogP contribution in [0.4, 0.5) is 0 Å². The molecule has 0 N–H and O–H groups in total. The van der Waals surface area contributed by atoms with E-state index in [0.717, 1.165) is 29.2 Å². The second kappa shape index (κ2) is 9.72. The molecular weight excluding hydrogens is 314 g/mol. The van der Waals surface area contributed by atoms with Gasteiger partial charge < -0.3 is 14.3 Å². The van der Waals surface area contributed by atoms with Crippen LogP contribution in [0, 0.1) is 0 Å². The Morgan fingerprint density at radius 2 is 1.56 bits per heavy atom. The summed E-state index contributed by atoms with van der Waals surface area (Å²) in [7, 11) is 0. The van der Waals surface area contributed by atoms with E-state index in [4.69, 9.17) is 14.3 Å². The number of ether oxygens (including phenoxy) is 2. The van der Waals surface area contributed by atoms with E-state index >= 15 is 0 Å². The molecule has 2 rings (SSSR count). The van der Waals surface area contributed by atoms with Crippen molar-refractivity contribution in [2.75, 3.05) is 6.61 Å². The summed E-state index contributed by atoms with van der Waals surface area (Å²) in [6.45, 7) is 8.45. The number of rotatable bonds is 9. The first-order valence-electron chi connectivity index (χ1n) is 8.73. The second-order valence-electron chi connectivity index (χ2n) is 6.08. The maximum Gasteiger partial charge on any atom is 0.158 e. The molecule has 0 heterocycles. The third kappa shape index (κ3) is 6.49. The number of hydrogen-bond donors (Lipinski definition) is 0. The summed E-state index contributed by atoms with van der Waals surface area (Å²) in [6, 6.07) is 17.6. The molecule has 0 aliphatic carbocycles. The molecule has 0 spiro atoms. The molecule has 2 aromatic rings. The second-order valence-corrected chi connectivity index (χ2v) is 6.08. The van der Waals surface area contributed by atoms with Crippen LogP contribution >= 0.6 is 0 Å². The fourth-order valence-electron chi connectivity index (χ4n) is 2.08. The van der Waals surface area contributed by atoms with Crippen LogP contribution in [0.2, 0.25) is 0 Å². The Hall–Kier alpha value is -2.49. The summed E-state index contributed by atoms with van der Waals surface area (Å²) in [5.41, 5.74) is 1.89. The highest BCUT2D eigenvalue weighted by Crippen LogP contribution is 2.19. The predicted molar refractivity (Wildman–Crippen MR) is 102 cm³/mol. The highest BCUT2D eigenvalue weighted by atomic mass is 16.6. The van der Waals surface area contributed by atoms with E-state index in [0.29, 0.717) is 6.61 Å². The van der Waals surface area contributed by atoms with E-state index < -0.39 is 0 Å². The van der Waals surface area contributed by atoms with Crippen molar-refractivity contribution in [1.82, 2.24) is 0 Å². The van der Waals surface area contributed by atoms with Gasteiger partial charge in [-0.3, -0.25) is 0 Å². The van der Waals surface area contributed by atoms with Crippen LogP contribution in [-0.2, 0) is 4.84 Å². The molecule has 0 aromatic heterocycles. The Bertz CT molecular complexity index is 653. The van der Waals surface area contributed by atoms with Crippen molar-refractivity contribution in [2.45, 2.75) is 46.3 Å². The van der Waals surface area contributed by atoms with Crippen molar-refractivity contribution < 1.29 is 14.3 Å². The van der Waals surface area contributed by atoms with E-state index in [9.17, 15) is 0 Å². The molecule has 0 amide bonds. The standard InChI is InChI=1S/C21H27NO3/c1-5-16(2)24-21-13-11-20(12-14-21)23-15-17(3)25-22-18(4)19-9-7-6-8-10-19/h6-14,16-17H,5,15H2,1-4H3. The zero-order valence-corrected chi connectivity index (χ0v) is 15.4. The smallest absolute Gasteiger partial charge is 0.158 e. The van der Waals surface area contributed by atoms with E-state index in [1.54, 1.807) is 0 Å². The summed E-state index contributed by atoms with van der Waals surface area (Å²) in [4.78, 5) is 5.51. The lowest BCUT2D eigenvalue weighted by Crippen LogP contribution is -2.16. The van der Waals surface area contributed by atoms with Crippen LogP contribution in [0.15, 0.2) is 59.8 Å². The van der Waals surface area contributed by atoms with E-state index in [-0.39, 0.29) is 12.2 Å². The summed E-state index contributed by atoms with van der Waals surface area (Å²) in [6.07, 6.45) is 1.05. The zero-order chi connectivity index (χ0) is 18.1. The zero-order valence-electron chi connectivity index (χ0n) is 15.4. The lowest BCUT2D eigenvalue weighted by atomic mass is 10.1. The highest BCUT2D eigenvalue weighted by Gasteiger charge is 2.06. The van der Waals surface area contributed by atoms with Crippen LogP contribution in [-0.4, -0.2) is 24.5 Å². The number of oxime groups is 1. The van der Waals surface area contributed by atoms with Gasteiger partial charge in [0.05, 0.1) is 11.8 Å². The van der Waals surface area contributed by atoms with E-state index in [2.05, 4.69) is 19.0 Å². The van der Waals surface area contributed by atoms with Gasteiger partial charge in [0.25, 0.3) is 0 Å². The van der Waals surface area contributed by atoms with E-state index in [1.807, 2.05) is 68.4 Å². The molecule has 4 nitrogen and oxygen atoms in total. The van der Waals surface area contributed by atoms with Crippen LogP contribution < -0.4 is 9.47 Å². The van der Waals surface area contributed by atoms with Gasteiger partial charge >= 0.3 is 0 Å². The van der Waals surface area contributed by atoms with Crippen molar-refractivity contribution in [1.29, 1.82) is 0 Å². The van der Waals surface area contributed by atoms with Gasteiger partial charge in [0.2, 0.25) is 0 Å². The SMILES string of the molecule is CCC(C)Oc1ccc(OCC(C)ON=C(C)c2ccccc2)cc1. The summed E-state index contributed by atoms with van der Waals surface area (Å²) in [5.74, 6) is 1.64.